The highest BCUT2D eigenvalue weighted by Gasteiger charge is 2.25. The quantitative estimate of drug-likeness (QED) is 0.534. The molecule has 9 nitrogen and oxygen atoms in total. The van der Waals surface area contributed by atoms with Crippen LogP contribution in [0.1, 0.15) is 42.1 Å². The molecular weight excluding hydrogens is 420 g/mol. The first-order chi connectivity index (χ1) is 16.1. The van der Waals surface area contributed by atoms with Crippen molar-refractivity contribution in [2.24, 2.45) is 15.9 Å². The van der Waals surface area contributed by atoms with Crippen molar-refractivity contribution < 1.29 is 14.3 Å². The number of aliphatic imine (C=N–C) groups is 2. The first kappa shape index (κ1) is 22.6. The number of aromatic amines is 1. The molecule has 1 saturated carbocycles. The van der Waals surface area contributed by atoms with Gasteiger partial charge in [-0.15, -0.1) is 0 Å². The van der Waals surface area contributed by atoms with Crippen molar-refractivity contribution in [3.63, 3.8) is 0 Å². The Labute approximate surface area is 193 Å². The van der Waals surface area contributed by atoms with Crippen LogP contribution in [0.5, 0.6) is 5.75 Å². The van der Waals surface area contributed by atoms with Gasteiger partial charge >= 0.3 is 0 Å². The fourth-order valence-corrected chi connectivity index (χ4v) is 3.65. The number of rotatable bonds is 5. The first-order valence-electron chi connectivity index (χ1n) is 11.1. The number of nitriles is 1. The number of guanidine groups is 1. The van der Waals surface area contributed by atoms with E-state index in [2.05, 4.69) is 26.4 Å². The van der Waals surface area contributed by atoms with Gasteiger partial charge in [-0.2, -0.15) is 10.3 Å². The van der Waals surface area contributed by atoms with Gasteiger partial charge in [-0.3, -0.25) is 4.79 Å². The van der Waals surface area contributed by atoms with E-state index >= 15 is 0 Å². The van der Waals surface area contributed by atoms with Crippen LogP contribution in [0.25, 0.3) is 0 Å². The third kappa shape index (κ3) is 5.79. The molecule has 0 atom stereocenters. The number of carbonyl (C=O) groups is 1. The maximum atomic E-state index is 13.0. The van der Waals surface area contributed by atoms with Crippen LogP contribution in [-0.4, -0.2) is 60.9 Å². The minimum atomic E-state index is -0.0442. The molecule has 2 N–H and O–H groups in total. The van der Waals surface area contributed by atoms with Crippen LogP contribution < -0.4 is 10.1 Å². The second-order valence-electron chi connectivity index (χ2n) is 8.15. The van der Waals surface area contributed by atoms with Crippen LogP contribution in [0.4, 0.5) is 11.5 Å². The lowest BCUT2D eigenvalue weighted by molar-refractivity contribution is 0.0741. The van der Waals surface area contributed by atoms with E-state index in [4.69, 9.17) is 14.7 Å². The van der Waals surface area contributed by atoms with E-state index in [0.717, 1.165) is 25.0 Å². The highest BCUT2D eigenvalue weighted by molar-refractivity contribution is 6.05. The van der Waals surface area contributed by atoms with Gasteiger partial charge < -0.3 is 24.7 Å². The third-order valence-corrected chi connectivity index (χ3v) is 5.68. The van der Waals surface area contributed by atoms with E-state index < -0.39 is 0 Å². The van der Waals surface area contributed by atoms with Gasteiger partial charge in [-0.05, 0) is 50.3 Å². The van der Waals surface area contributed by atoms with E-state index in [1.165, 1.54) is 0 Å². The highest BCUT2D eigenvalue weighted by atomic mass is 16.5. The summed E-state index contributed by atoms with van der Waals surface area (Å²) in [7, 11) is 1.56. The highest BCUT2D eigenvalue weighted by Crippen LogP contribution is 2.31. The Bertz CT molecular complexity index is 1100. The topological polar surface area (TPSA) is 115 Å². The summed E-state index contributed by atoms with van der Waals surface area (Å²) in [5.41, 5.74) is 2.70. The molecule has 33 heavy (non-hydrogen) atoms. The molecule has 1 saturated heterocycles. The molecular formula is C24H28N6O3. The van der Waals surface area contributed by atoms with Crippen molar-refractivity contribution >= 4 is 29.1 Å². The SMILES string of the molecule is COc1cc(C(=O)N2CCCOCC2)ccc1NC(=N/c1cc(C#N)c[nH]1)/N=C(\C)C1CC1. The van der Waals surface area contributed by atoms with Crippen molar-refractivity contribution in [1.29, 1.82) is 5.26 Å². The molecule has 2 heterocycles. The van der Waals surface area contributed by atoms with E-state index in [0.29, 0.717) is 66.6 Å². The molecule has 2 aliphatic rings. The summed E-state index contributed by atoms with van der Waals surface area (Å²) in [6, 6.07) is 9.05. The molecule has 1 aliphatic carbocycles. The van der Waals surface area contributed by atoms with Crippen LogP contribution in [0.15, 0.2) is 40.4 Å². The summed E-state index contributed by atoms with van der Waals surface area (Å²) >= 11 is 0. The Balaban J connectivity index is 1.59. The maximum Gasteiger partial charge on any atom is 0.254 e. The van der Waals surface area contributed by atoms with Crippen molar-refractivity contribution in [3.8, 4) is 11.8 Å². The standard InChI is InChI=1S/C24H28N6O3/c1-16(18-4-5-18)27-24(29-22-12-17(14-25)15-26-22)28-20-7-6-19(13-21(20)32-2)23(31)30-8-3-10-33-11-9-30/h6-7,12-13,15,18,26H,3-5,8-11H2,1-2H3,(H,28,29)/b27-16+. The number of nitrogens with one attached hydrogen (secondary N) is 2. The number of ether oxygens (including phenoxy) is 2. The van der Waals surface area contributed by atoms with Crippen LogP contribution in [0, 0.1) is 17.2 Å². The molecule has 0 bridgehead atoms. The lowest BCUT2D eigenvalue weighted by Gasteiger charge is -2.20. The first-order valence-corrected chi connectivity index (χ1v) is 11.1. The normalized spacial score (nSPS) is 17.3. The molecule has 2 aromatic rings. The summed E-state index contributed by atoms with van der Waals surface area (Å²) in [4.78, 5) is 27.0. The molecule has 172 valence electrons. The smallest absolute Gasteiger partial charge is 0.254 e. The van der Waals surface area contributed by atoms with Crippen molar-refractivity contribution in [2.45, 2.75) is 26.2 Å². The molecule has 9 heteroatoms. The summed E-state index contributed by atoms with van der Waals surface area (Å²) in [5.74, 6) is 1.86. The van der Waals surface area contributed by atoms with Gasteiger partial charge in [0.25, 0.3) is 5.91 Å². The second-order valence-corrected chi connectivity index (χ2v) is 8.15. The lowest BCUT2D eigenvalue weighted by atomic mass is 10.1. The number of nitrogens with zero attached hydrogens (tertiary/aromatic N) is 4. The second kappa shape index (κ2) is 10.3. The largest absolute Gasteiger partial charge is 0.495 e. The molecule has 0 unspecified atom stereocenters. The minimum Gasteiger partial charge on any atom is -0.495 e. The van der Waals surface area contributed by atoms with Crippen LogP contribution in [-0.2, 0) is 4.74 Å². The number of methoxy groups -OCH3 is 1. The predicted octanol–water partition coefficient (Wildman–Crippen LogP) is 3.73. The summed E-state index contributed by atoms with van der Waals surface area (Å²) in [6.07, 6.45) is 4.69. The number of aromatic nitrogens is 1. The lowest BCUT2D eigenvalue weighted by Crippen LogP contribution is -2.33. The van der Waals surface area contributed by atoms with Gasteiger partial charge in [0.05, 0.1) is 25.0 Å². The third-order valence-electron chi connectivity index (χ3n) is 5.68. The van der Waals surface area contributed by atoms with Crippen molar-refractivity contribution in [2.75, 3.05) is 38.7 Å². The van der Waals surface area contributed by atoms with Gasteiger partial charge in [0.15, 0.2) is 0 Å². The van der Waals surface area contributed by atoms with Gasteiger partial charge in [-0.25, -0.2) is 4.99 Å². The maximum absolute atomic E-state index is 13.0. The van der Waals surface area contributed by atoms with Crippen molar-refractivity contribution in [1.82, 2.24) is 9.88 Å². The van der Waals surface area contributed by atoms with Gasteiger partial charge in [-0.1, -0.05) is 0 Å². The Kier molecular flexibility index (Phi) is 7.05. The number of H-pyrrole nitrogens is 1. The summed E-state index contributed by atoms with van der Waals surface area (Å²) < 4.78 is 11.0. The zero-order valence-corrected chi connectivity index (χ0v) is 18.9. The number of amides is 1. The molecule has 1 aromatic carbocycles. The Morgan fingerprint density at radius 1 is 1.30 bits per heavy atom. The zero-order chi connectivity index (χ0) is 23.2. The molecule has 1 amide bonds. The average molecular weight is 449 g/mol. The molecule has 1 aromatic heterocycles. The average Bonchev–Trinajstić information content (AvgIpc) is 3.63. The molecule has 4 rings (SSSR count). The number of anilines is 1. The molecule has 2 fully saturated rings. The Hall–Kier alpha value is -3.64. The number of hydrogen-bond donors (Lipinski definition) is 2. The van der Waals surface area contributed by atoms with E-state index in [1.807, 2.05) is 11.8 Å². The molecule has 0 radical (unpaired) electrons. The van der Waals surface area contributed by atoms with Gasteiger partial charge in [0, 0.05) is 43.2 Å². The number of carbonyl (C=O) groups excluding carboxylic acids is 1. The van der Waals surface area contributed by atoms with Crippen LogP contribution >= 0.6 is 0 Å². The minimum absolute atomic E-state index is 0.0442. The summed E-state index contributed by atoms with van der Waals surface area (Å²) in [5, 5.41) is 12.3. The monoisotopic (exact) mass is 448 g/mol. The van der Waals surface area contributed by atoms with E-state index in [-0.39, 0.29) is 5.91 Å². The fraction of sp³-hybridized carbons (Fsp3) is 0.417. The van der Waals surface area contributed by atoms with E-state index in [1.54, 1.807) is 37.6 Å². The van der Waals surface area contributed by atoms with E-state index in [9.17, 15) is 4.79 Å². The van der Waals surface area contributed by atoms with Crippen molar-refractivity contribution in [3.05, 3.63) is 41.6 Å². The van der Waals surface area contributed by atoms with Gasteiger partial charge in [0.1, 0.15) is 17.6 Å². The number of hydrogen-bond acceptors (Lipinski definition) is 5. The van der Waals surface area contributed by atoms with Gasteiger partial charge in [0.2, 0.25) is 5.96 Å². The molecule has 1 aliphatic heterocycles. The summed E-state index contributed by atoms with van der Waals surface area (Å²) in [6.45, 7) is 4.47. The Morgan fingerprint density at radius 3 is 2.88 bits per heavy atom. The van der Waals surface area contributed by atoms with Crippen LogP contribution in [0.2, 0.25) is 0 Å². The Morgan fingerprint density at radius 2 is 2.15 bits per heavy atom. The number of benzene rings is 1. The predicted molar refractivity (Wildman–Crippen MR) is 126 cm³/mol. The fourth-order valence-electron chi connectivity index (χ4n) is 3.65. The van der Waals surface area contributed by atoms with Crippen LogP contribution in [0.3, 0.4) is 0 Å². The molecule has 0 spiro atoms. The zero-order valence-electron chi connectivity index (χ0n) is 18.9.